The SMILES string of the molecule is O=C(CN(c1ccc(Cl)cc1Cl)S(=O)(=O)c1ccccc1)NCc1ccccc1-n1ccnc1. The van der Waals surface area contributed by atoms with Crippen molar-refractivity contribution >= 4 is 44.8 Å². The van der Waals surface area contributed by atoms with Gasteiger partial charge in [-0.2, -0.15) is 0 Å². The van der Waals surface area contributed by atoms with Gasteiger partial charge in [0.15, 0.2) is 0 Å². The number of imidazole rings is 1. The van der Waals surface area contributed by atoms with Gasteiger partial charge in [0.25, 0.3) is 10.0 Å². The number of nitrogens with one attached hydrogen (secondary N) is 1. The molecule has 0 aliphatic heterocycles. The molecule has 4 rings (SSSR count). The summed E-state index contributed by atoms with van der Waals surface area (Å²) in [7, 11) is -4.08. The molecule has 1 N–H and O–H groups in total. The van der Waals surface area contributed by atoms with Crippen LogP contribution in [-0.4, -0.2) is 30.4 Å². The monoisotopic (exact) mass is 514 g/mol. The summed E-state index contributed by atoms with van der Waals surface area (Å²) in [6, 6.07) is 19.8. The third kappa shape index (κ3) is 5.25. The smallest absolute Gasteiger partial charge is 0.264 e. The minimum atomic E-state index is -4.08. The molecule has 174 valence electrons. The largest absolute Gasteiger partial charge is 0.350 e. The zero-order valence-electron chi connectivity index (χ0n) is 17.8. The number of nitrogens with zero attached hydrogens (tertiary/aromatic N) is 3. The zero-order chi connectivity index (χ0) is 24.1. The Balaban J connectivity index is 1.60. The first kappa shape index (κ1) is 23.8. The second kappa shape index (κ2) is 10.3. The van der Waals surface area contributed by atoms with Gasteiger partial charge in [0.2, 0.25) is 5.91 Å². The molecule has 0 fully saturated rings. The fourth-order valence-corrected chi connectivity index (χ4v) is 5.42. The summed E-state index contributed by atoms with van der Waals surface area (Å²) in [5.74, 6) is -0.494. The van der Waals surface area contributed by atoms with Crippen molar-refractivity contribution in [1.29, 1.82) is 0 Å². The molecule has 0 unspecified atom stereocenters. The summed E-state index contributed by atoms with van der Waals surface area (Å²) in [5.41, 5.74) is 1.86. The van der Waals surface area contributed by atoms with Crippen molar-refractivity contribution in [3.63, 3.8) is 0 Å². The van der Waals surface area contributed by atoms with E-state index < -0.39 is 22.5 Å². The summed E-state index contributed by atoms with van der Waals surface area (Å²) in [5, 5.41) is 3.28. The van der Waals surface area contributed by atoms with Crippen molar-refractivity contribution in [1.82, 2.24) is 14.9 Å². The average molecular weight is 515 g/mol. The number of benzene rings is 3. The number of para-hydroxylation sites is 1. The van der Waals surface area contributed by atoms with Crippen molar-refractivity contribution < 1.29 is 13.2 Å². The second-order valence-corrected chi connectivity index (χ2v) is 10.0. The topological polar surface area (TPSA) is 84.3 Å². The summed E-state index contributed by atoms with van der Waals surface area (Å²) < 4.78 is 29.7. The Morgan fingerprint density at radius 2 is 1.74 bits per heavy atom. The van der Waals surface area contributed by atoms with Gasteiger partial charge in [0, 0.05) is 24.0 Å². The Hall–Kier alpha value is -3.33. The van der Waals surface area contributed by atoms with Gasteiger partial charge in [-0.05, 0) is 42.0 Å². The van der Waals surface area contributed by atoms with Gasteiger partial charge >= 0.3 is 0 Å². The molecule has 0 atom stereocenters. The lowest BCUT2D eigenvalue weighted by Gasteiger charge is -2.25. The van der Waals surface area contributed by atoms with Crippen LogP contribution in [0.4, 0.5) is 5.69 Å². The highest BCUT2D eigenvalue weighted by atomic mass is 35.5. The van der Waals surface area contributed by atoms with Gasteiger partial charge in [0.1, 0.15) is 6.54 Å². The van der Waals surface area contributed by atoms with Crippen LogP contribution >= 0.6 is 23.2 Å². The van der Waals surface area contributed by atoms with E-state index in [0.717, 1.165) is 15.6 Å². The maximum atomic E-state index is 13.4. The molecule has 0 bridgehead atoms. The highest BCUT2D eigenvalue weighted by Gasteiger charge is 2.28. The van der Waals surface area contributed by atoms with E-state index in [9.17, 15) is 13.2 Å². The average Bonchev–Trinajstić information content (AvgIpc) is 3.37. The minimum Gasteiger partial charge on any atom is -0.350 e. The van der Waals surface area contributed by atoms with E-state index in [1.54, 1.807) is 36.9 Å². The molecular formula is C24H20Cl2N4O3S. The zero-order valence-corrected chi connectivity index (χ0v) is 20.1. The number of aromatic nitrogens is 2. The Morgan fingerprint density at radius 3 is 2.44 bits per heavy atom. The van der Waals surface area contributed by atoms with Crippen molar-refractivity contribution in [3.05, 3.63) is 107 Å². The molecule has 7 nitrogen and oxygen atoms in total. The molecule has 10 heteroatoms. The van der Waals surface area contributed by atoms with Crippen LogP contribution in [-0.2, 0) is 21.4 Å². The van der Waals surface area contributed by atoms with Gasteiger partial charge in [0.05, 0.1) is 27.6 Å². The quantitative estimate of drug-likeness (QED) is 0.369. The van der Waals surface area contributed by atoms with E-state index >= 15 is 0 Å². The fourth-order valence-electron chi connectivity index (χ4n) is 3.40. The number of rotatable bonds is 8. The summed E-state index contributed by atoms with van der Waals surface area (Å²) in [6.07, 6.45) is 5.13. The van der Waals surface area contributed by atoms with Crippen molar-refractivity contribution in [2.24, 2.45) is 0 Å². The lowest BCUT2D eigenvalue weighted by molar-refractivity contribution is -0.119. The molecule has 0 saturated carbocycles. The number of halogens is 2. The molecule has 0 spiro atoms. The number of sulfonamides is 1. The summed E-state index contributed by atoms with van der Waals surface area (Å²) >= 11 is 12.3. The summed E-state index contributed by atoms with van der Waals surface area (Å²) in [4.78, 5) is 17.0. The molecule has 4 aromatic rings. The van der Waals surface area contributed by atoms with Gasteiger partial charge in [-0.25, -0.2) is 13.4 Å². The van der Waals surface area contributed by atoms with Crippen LogP contribution in [0.15, 0.2) is 96.4 Å². The Bertz CT molecular complexity index is 1400. The predicted molar refractivity (Wildman–Crippen MR) is 133 cm³/mol. The number of anilines is 1. The lowest BCUT2D eigenvalue weighted by Crippen LogP contribution is -2.41. The highest BCUT2D eigenvalue weighted by Crippen LogP contribution is 2.32. The van der Waals surface area contributed by atoms with Gasteiger partial charge in [-0.1, -0.05) is 59.6 Å². The van der Waals surface area contributed by atoms with Crippen LogP contribution in [0.2, 0.25) is 10.0 Å². The van der Waals surface area contributed by atoms with E-state index in [4.69, 9.17) is 23.2 Å². The maximum Gasteiger partial charge on any atom is 0.264 e. The first-order chi connectivity index (χ1) is 16.4. The third-order valence-corrected chi connectivity index (χ3v) is 7.36. The molecule has 1 amide bonds. The molecule has 0 saturated heterocycles. The highest BCUT2D eigenvalue weighted by molar-refractivity contribution is 7.92. The van der Waals surface area contributed by atoms with Gasteiger partial charge < -0.3 is 9.88 Å². The van der Waals surface area contributed by atoms with Crippen LogP contribution in [0.25, 0.3) is 5.69 Å². The molecule has 3 aromatic carbocycles. The summed E-state index contributed by atoms with van der Waals surface area (Å²) in [6.45, 7) is -0.271. The number of hydrogen-bond acceptors (Lipinski definition) is 4. The normalized spacial score (nSPS) is 11.2. The molecule has 0 aliphatic rings. The van der Waals surface area contributed by atoms with E-state index in [2.05, 4.69) is 10.3 Å². The molecule has 34 heavy (non-hydrogen) atoms. The Morgan fingerprint density at radius 1 is 1.00 bits per heavy atom. The standard InChI is InChI=1S/C24H20Cl2N4O3S/c25-19-10-11-23(21(26)14-19)30(34(32,33)20-7-2-1-3-8-20)16-24(31)28-15-18-6-4-5-9-22(18)29-13-12-27-17-29/h1-14,17H,15-16H2,(H,28,31). The maximum absolute atomic E-state index is 13.4. The predicted octanol–water partition coefficient (Wildman–Crippen LogP) is 4.69. The number of hydrogen-bond donors (Lipinski definition) is 1. The van der Waals surface area contributed by atoms with E-state index in [0.29, 0.717) is 5.02 Å². The third-order valence-electron chi connectivity index (χ3n) is 5.05. The molecule has 1 heterocycles. The molecular weight excluding hydrogens is 495 g/mol. The second-order valence-electron chi connectivity index (χ2n) is 7.30. The van der Waals surface area contributed by atoms with E-state index in [-0.39, 0.29) is 22.2 Å². The van der Waals surface area contributed by atoms with E-state index in [1.165, 1.54) is 30.3 Å². The molecule has 0 radical (unpaired) electrons. The molecule has 1 aromatic heterocycles. The van der Waals surface area contributed by atoms with Crippen LogP contribution in [0.1, 0.15) is 5.56 Å². The van der Waals surface area contributed by atoms with Crippen LogP contribution in [0, 0.1) is 0 Å². The first-order valence-electron chi connectivity index (χ1n) is 10.2. The fraction of sp³-hybridized carbons (Fsp3) is 0.0833. The van der Waals surface area contributed by atoms with Crippen molar-refractivity contribution in [2.45, 2.75) is 11.4 Å². The lowest BCUT2D eigenvalue weighted by atomic mass is 10.1. The van der Waals surface area contributed by atoms with Crippen molar-refractivity contribution in [3.8, 4) is 5.69 Å². The Kier molecular flexibility index (Phi) is 7.21. The minimum absolute atomic E-state index is 0.0410. The Labute approximate surface area is 207 Å². The number of amides is 1. The van der Waals surface area contributed by atoms with E-state index in [1.807, 2.05) is 28.8 Å². The van der Waals surface area contributed by atoms with Crippen LogP contribution < -0.4 is 9.62 Å². The van der Waals surface area contributed by atoms with Crippen LogP contribution in [0.3, 0.4) is 0 Å². The van der Waals surface area contributed by atoms with Crippen LogP contribution in [0.5, 0.6) is 0 Å². The molecule has 0 aliphatic carbocycles. The number of carbonyl (C=O) groups excluding carboxylic acids is 1. The van der Waals surface area contributed by atoms with Crippen molar-refractivity contribution in [2.75, 3.05) is 10.8 Å². The first-order valence-corrected chi connectivity index (χ1v) is 12.4. The van der Waals surface area contributed by atoms with Gasteiger partial charge in [-0.15, -0.1) is 0 Å². The number of carbonyl (C=O) groups is 1. The van der Waals surface area contributed by atoms with Gasteiger partial charge in [-0.3, -0.25) is 9.10 Å².